The van der Waals surface area contributed by atoms with Crippen LogP contribution in [0.1, 0.15) is 34.1 Å². The lowest BCUT2D eigenvalue weighted by Gasteiger charge is -2.07. The molecule has 0 aliphatic heterocycles. The molecule has 0 aliphatic rings. The second-order valence-electron chi connectivity index (χ2n) is 2.50. The number of ether oxygens (including phenoxy) is 1. The predicted molar refractivity (Wildman–Crippen MR) is 49.1 cm³/mol. The van der Waals surface area contributed by atoms with Crippen LogP contribution in [0.15, 0.2) is 6.20 Å². The van der Waals surface area contributed by atoms with Crippen molar-refractivity contribution in [3.05, 3.63) is 16.1 Å². The monoisotopic (exact) mass is 201 g/mol. The van der Waals surface area contributed by atoms with Crippen molar-refractivity contribution in [3.63, 3.8) is 0 Å². The molecule has 0 saturated heterocycles. The fourth-order valence-corrected chi connectivity index (χ4v) is 1.90. The molecule has 5 heteroatoms. The van der Waals surface area contributed by atoms with E-state index in [0.717, 1.165) is 22.8 Å². The molecule has 0 fully saturated rings. The van der Waals surface area contributed by atoms with Crippen LogP contribution in [-0.2, 0) is 4.74 Å². The topological polar surface area (TPSA) is 59.4 Å². The van der Waals surface area contributed by atoms with Crippen molar-refractivity contribution < 1.29 is 14.6 Å². The molecule has 0 aromatic carbocycles. The number of rotatable bonds is 4. The molecule has 13 heavy (non-hydrogen) atoms. The Morgan fingerprint density at radius 3 is 2.92 bits per heavy atom. The highest BCUT2D eigenvalue weighted by Gasteiger charge is 2.15. The molecule has 0 aliphatic carbocycles. The molecular formula is C8H11NO3S. The lowest BCUT2D eigenvalue weighted by molar-refractivity contribution is 0.0702. The number of hydrogen-bond donors (Lipinski definition) is 1. The molecule has 1 atom stereocenters. The second kappa shape index (κ2) is 4.34. The van der Waals surface area contributed by atoms with Crippen molar-refractivity contribution in [2.24, 2.45) is 0 Å². The third-order valence-corrected chi connectivity index (χ3v) is 2.74. The van der Waals surface area contributed by atoms with Gasteiger partial charge in [-0.1, -0.05) is 6.92 Å². The summed E-state index contributed by atoms with van der Waals surface area (Å²) in [5, 5.41) is 9.38. The molecule has 0 amide bonds. The van der Waals surface area contributed by atoms with Gasteiger partial charge in [-0.25, -0.2) is 9.78 Å². The van der Waals surface area contributed by atoms with E-state index in [9.17, 15) is 4.79 Å². The minimum absolute atomic E-state index is 0.0851. The van der Waals surface area contributed by atoms with Gasteiger partial charge in [0.25, 0.3) is 0 Å². The minimum atomic E-state index is -0.935. The average Bonchev–Trinajstić information content (AvgIpc) is 2.56. The lowest BCUT2D eigenvalue weighted by Crippen LogP contribution is -1.97. The summed E-state index contributed by atoms with van der Waals surface area (Å²) >= 11 is 1.16. The number of carboxylic acid groups (broad SMARTS) is 1. The summed E-state index contributed by atoms with van der Waals surface area (Å²) in [6, 6.07) is 0. The molecule has 72 valence electrons. The van der Waals surface area contributed by atoms with E-state index in [4.69, 9.17) is 9.84 Å². The molecule has 1 unspecified atom stereocenters. The van der Waals surface area contributed by atoms with Crippen molar-refractivity contribution >= 4 is 17.3 Å². The van der Waals surface area contributed by atoms with Crippen LogP contribution in [0.3, 0.4) is 0 Å². The van der Waals surface area contributed by atoms with E-state index in [0.29, 0.717) is 0 Å². The lowest BCUT2D eigenvalue weighted by atomic mass is 10.3. The molecule has 1 aromatic heterocycles. The van der Waals surface area contributed by atoms with Gasteiger partial charge in [0, 0.05) is 7.11 Å². The summed E-state index contributed by atoms with van der Waals surface area (Å²) in [6.07, 6.45) is 2.07. The third kappa shape index (κ3) is 2.26. The Kier molecular flexibility index (Phi) is 3.39. The summed E-state index contributed by atoms with van der Waals surface area (Å²) in [6.45, 7) is 1.97. The normalized spacial score (nSPS) is 12.8. The van der Waals surface area contributed by atoms with Crippen LogP contribution < -0.4 is 0 Å². The maximum atomic E-state index is 10.5. The van der Waals surface area contributed by atoms with Gasteiger partial charge in [0.15, 0.2) is 0 Å². The number of methoxy groups -OCH3 is 1. The van der Waals surface area contributed by atoms with Gasteiger partial charge in [-0.05, 0) is 6.42 Å². The summed E-state index contributed by atoms with van der Waals surface area (Å²) in [4.78, 5) is 14.8. The molecule has 0 spiro atoms. The standard InChI is InChI=1S/C8H11NO3S/c1-3-5(12-2)7-9-4-6(13-7)8(10)11/h4-5H,3H2,1-2H3,(H,10,11). The van der Waals surface area contributed by atoms with E-state index in [1.165, 1.54) is 6.20 Å². The van der Waals surface area contributed by atoms with Crippen LogP contribution in [0.5, 0.6) is 0 Å². The Balaban J connectivity index is 2.84. The molecule has 0 radical (unpaired) electrons. The van der Waals surface area contributed by atoms with E-state index in [2.05, 4.69) is 4.98 Å². The van der Waals surface area contributed by atoms with Crippen LogP contribution in [0, 0.1) is 0 Å². The fraction of sp³-hybridized carbons (Fsp3) is 0.500. The smallest absolute Gasteiger partial charge is 0.347 e. The van der Waals surface area contributed by atoms with Crippen molar-refractivity contribution in [1.29, 1.82) is 0 Å². The van der Waals surface area contributed by atoms with Crippen molar-refractivity contribution in [2.75, 3.05) is 7.11 Å². The first kappa shape index (κ1) is 10.1. The first-order valence-electron chi connectivity index (χ1n) is 3.90. The van der Waals surface area contributed by atoms with Crippen LogP contribution >= 0.6 is 11.3 Å². The van der Waals surface area contributed by atoms with Gasteiger partial charge in [0.05, 0.1) is 6.20 Å². The minimum Gasteiger partial charge on any atom is -0.477 e. The fourth-order valence-electron chi connectivity index (χ4n) is 0.977. The third-order valence-electron chi connectivity index (χ3n) is 1.67. The molecule has 0 bridgehead atoms. The van der Waals surface area contributed by atoms with Crippen LogP contribution in [0.25, 0.3) is 0 Å². The van der Waals surface area contributed by atoms with E-state index in [-0.39, 0.29) is 11.0 Å². The molecule has 1 N–H and O–H groups in total. The van der Waals surface area contributed by atoms with E-state index >= 15 is 0 Å². The van der Waals surface area contributed by atoms with Crippen molar-refractivity contribution in [3.8, 4) is 0 Å². The Labute approximate surface area is 80.2 Å². The largest absolute Gasteiger partial charge is 0.477 e. The van der Waals surface area contributed by atoms with Gasteiger partial charge in [0.2, 0.25) is 0 Å². The number of thiazole rings is 1. The Hall–Kier alpha value is -0.940. The predicted octanol–water partition coefficient (Wildman–Crippen LogP) is 1.94. The molecule has 0 saturated carbocycles. The van der Waals surface area contributed by atoms with Gasteiger partial charge < -0.3 is 9.84 Å². The quantitative estimate of drug-likeness (QED) is 0.808. The highest BCUT2D eigenvalue weighted by Crippen LogP contribution is 2.24. The van der Waals surface area contributed by atoms with Crippen LogP contribution in [0.2, 0.25) is 0 Å². The zero-order chi connectivity index (χ0) is 9.84. The van der Waals surface area contributed by atoms with Crippen LogP contribution in [-0.4, -0.2) is 23.2 Å². The molecular weight excluding hydrogens is 190 g/mol. The number of hydrogen-bond acceptors (Lipinski definition) is 4. The van der Waals surface area contributed by atoms with Gasteiger partial charge >= 0.3 is 5.97 Å². The second-order valence-corrected chi connectivity index (χ2v) is 3.56. The summed E-state index contributed by atoms with van der Waals surface area (Å²) in [5.74, 6) is -0.935. The molecule has 4 nitrogen and oxygen atoms in total. The number of nitrogens with zero attached hydrogens (tertiary/aromatic N) is 1. The van der Waals surface area contributed by atoms with E-state index in [1.807, 2.05) is 6.92 Å². The number of carbonyl (C=O) groups is 1. The number of aromatic carboxylic acids is 1. The van der Waals surface area contributed by atoms with E-state index in [1.54, 1.807) is 7.11 Å². The molecule has 1 rings (SSSR count). The Bertz CT molecular complexity index is 293. The highest BCUT2D eigenvalue weighted by molar-refractivity contribution is 7.13. The van der Waals surface area contributed by atoms with E-state index < -0.39 is 5.97 Å². The summed E-state index contributed by atoms with van der Waals surface area (Å²) in [5.41, 5.74) is 0. The van der Waals surface area contributed by atoms with Gasteiger partial charge in [0.1, 0.15) is 16.0 Å². The van der Waals surface area contributed by atoms with Gasteiger partial charge in [-0.15, -0.1) is 11.3 Å². The van der Waals surface area contributed by atoms with Gasteiger partial charge in [-0.3, -0.25) is 0 Å². The number of carboxylic acids is 1. The maximum absolute atomic E-state index is 10.5. The average molecular weight is 201 g/mol. The van der Waals surface area contributed by atoms with Gasteiger partial charge in [-0.2, -0.15) is 0 Å². The highest BCUT2D eigenvalue weighted by atomic mass is 32.1. The zero-order valence-corrected chi connectivity index (χ0v) is 8.30. The Morgan fingerprint density at radius 1 is 1.85 bits per heavy atom. The van der Waals surface area contributed by atoms with Crippen molar-refractivity contribution in [2.45, 2.75) is 19.4 Å². The molecule has 1 aromatic rings. The maximum Gasteiger partial charge on any atom is 0.347 e. The molecule has 1 heterocycles. The summed E-state index contributed by atoms with van der Waals surface area (Å²) < 4.78 is 5.13. The van der Waals surface area contributed by atoms with Crippen LogP contribution in [0.4, 0.5) is 0 Å². The first-order chi connectivity index (χ1) is 6.19. The zero-order valence-electron chi connectivity index (χ0n) is 7.48. The Morgan fingerprint density at radius 2 is 2.54 bits per heavy atom. The van der Waals surface area contributed by atoms with Crippen molar-refractivity contribution in [1.82, 2.24) is 4.98 Å². The summed E-state index contributed by atoms with van der Waals surface area (Å²) in [7, 11) is 1.59. The SMILES string of the molecule is CCC(OC)c1ncc(C(=O)O)s1. The number of aromatic nitrogens is 1. The first-order valence-corrected chi connectivity index (χ1v) is 4.72.